The zero-order valence-corrected chi connectivity index (χ0v) is 9.96. The molecule has 3 rings (SSSR count). The maximum Gasteiger partial charge on any atom is 0.414 e. The molecule has 0 aromatic heterocycles. The lowest BCUT2D eigenvalue weighted by atomic mass is 10.2. The highest BCUT2D eigenvalue weighted by molar-refractivity contribution is 5.97. The van der Waals surface area contributed by atoms with Gasteiger partial charge in [0.05, 0.1) is 18.8 Å². The fourth-order valence-corrected chi connectivity index (χ4v) is 2.07. The molecule has 19 heavy (non-hydrogen) atoms. The molecular weight excluding hydrogens is 252 g/mol. The minimum atomic E-state index is -0.519. The maximum absolute atomic E-state index is 11.7. The van der Waals surface area contributed by atoms with Crippen LogP contribution in [-0.4, -0.2) is 43.0 Å². The van der Waals surface area contributed by atoms with E-state index < -0.39 is 12.2 Å². The summed E-state index contributed by atoms with van der Waals surface area (Å²) >= 11 is 0. The average Bonchev–Trinajstić information content (AvgIpc) is 2.79. The number of ether oxygens (including phenoxy) is 2. The Morgan fingerprint density at radius 3 is 3.00 bits per heavy atom. The molecular formula is C12H12N2O5. The highest BCUT2D eigenvalue weighted by atomic mass is 16.6. The predicted octanol–water partition coefficient (Wildman–Crippen LogP) is 0.335. The number of benzene rings is 1. The van der Waals surface area contributed by atoms with Gasteiger partial charge in [-0.3, -0.25) is 9.69 Å². The summed E-state index contributed by atoms with van der Waals surface area (Å²) in [7, 11) is 0. The lowest BCUT2D eigenvalue weighted by molar-refractivity contribution is -0.118. The fourth-order valence-electron chi connectivity index (χ4n) is 2.07. The van der Waals surface area contributed by atoms with Gasteiger partial charge in [0.25, 0.3) is 5.91 Å². The second kappa shape index (κ2) is 4.43. The molecule has 1 atom stereocenters. The van der Waals surface area contributed by atoms with Crippen LogP contribution in [0.5, 0.6) is 5.75 Å². The van der Waals surface area contributed by atoms with Gasteiger partial charge >= 0.3 is 6.09 Å². The van der Waals surface area contributed by atoms with Crippen LogP contribution in [0.3, 0.4) is 0 Å². The first-order valence-corrected chi connectivity index (χ1v) is 5.83. The first-order chi connectivity index (χ1) is 9.17. The summed E-state index contributed by atoms with van der Waals surface area (Å²) in [4.78, 5) is 24.3. The Labute approximate surface area is 108 Å². The van der Waals surface area contributed by atoms with Crippen LogP contribution in [-0.2, 0) is 9.53 Å². The first-order valence-electron chi connectivity index (χ1n) is 5.83. The van der Waals surface area contributed by atoms with Crippen molar-refractivity contribution in [2.75, 3.05) is 30.0 Å². The van der Waals surface area contributed by atoms with E-state index in [0.29, 0.717) is 17.1 Å². The van der Waals surface area contributed by atoms with Crippen LogP contribution in [0.2, 0.25) is 0 Å². The highest BCUT2D eigenvalue weighted by Crippen LogP contribution is 2.33. The molecule has 0 radical (unpaired) electrons. The molecule has 7 heteroatoms. The molecule has 1 saturated heterocycles. The predicted molar refractivity (Wildman–Crippen MR) is 65.3 cm³/mol. The van der Waals surface area contributed by atoms with E-state index in [4.69, 9.17) is 14.6 Å². The Balaban J connectivity index is 1.88. The topological polar surface area (TPSA) is 88.1 Å². The lowest BCUT2D eigenvalue weighted by Gasteiger charge is -2.20. The molecule has 2 heterocycles. The number of rotatable bonds is 2. The lowest BCUT2D eigenvalue weighted by Crippen LogP contribution is -2.27. The molecule has 2 amide bonds. The van der Waals surface area contributed by atoms with Crippen LogP contribution in [0, 0.1) is 0 Å². The number of carbonyl (C=O) groups is 2. The first kappa shape index (κ1) is 11.8. The summed E-state index contributed by atoms with van der Waals surface area (Å²) in [5.74, 6) is 0.330. The van der Waals surface area contributed by atoms with Crippen LogP contribution >= 0.6 is 0 Å². The van der Waals surface area contributed by atoms with E-state index in [-0.39, 0.29) is 25.7 Å². The standard InChI is InChI=1S/C12H12N2O5/c15-5-8-4-14(12(17)19-8)7-1-2-10-9(3-7)13-11(16)6-18-10/h1-3,8,15H,4-6H2,(H,13,16). The van der Waals surface area contributed by atoms with Crippen molar-refractivity contribution in [1.82, 2.24) is 0 Å². The van der Waals surface area contributed by atoms with E-state index in [0.717, 1.165) is 0 Å². The Bertz CT molecular complexity index is 545. The maximum atomic E-state index is 11.7. The van der Waals surface area contributed by atoms with Crippen LogP contribution in [0.25, 0.3) is 0 Å². The number of hydrogen-bond donors (Lipinski definition) is 2. The van der Waals surface area contributed by atoms with Gasteiger partial charge in [0.1, 0.15) is 11.9 Å². The third-order valence-corrected chi connectivity index (χ3v) is 2.99. The zero-order chi connectivity index (χ0) is 13.4. The molecule has 2 N–H and O–H groups in total. The third kappa shape index (κ3) is 2.08. The van der Waals surface area contributed by atoms with Crippen molar-refractivity contribution in [1.29, 1.82) is 0 Å². The molecule has 2 aliphatic heterocycles. The summed E-state index contributed by atoms with van der Waals surface area (Å²) < 4.78 is 10.2. The number of carbonyl (C=O) groups excluding carboxylic acids is 2. The molecule has 0 spiro atoms. The normalized spacial score (nSPS) is 21.5. The second-order valence-electron chi connectivity index (χ2n) is 4.32. The van der Waals surface area contributed by atoms with Gasteiger partial charge in [-0.2, -0.15) is 0 Å². The minimum absolute atomic E-state index is 0.00924. The Morgan fingerprint density at radius 1 is 1.42 bits per heavy atom. The zero-order valence-electron chi connectivity index (χ0n) is 9.96. The van der Waals surface area contributed by atoms with E-state index in [1.807, 2.05) is 0 Å². The summed E-state index contributed by atoms with van der Waals surface area (Å²) in [6.07, 6.45) is -1.03. The van der Waals surface area contributed by atoms with Crippen LogP contribution in [0.4, 0.5) is 16.2 Å². The van der Waals surface area contributed by atoms with E-state index in [2.05, 4.69) is 5.32 Å². The van der Waals surface area contributed by atoms with E-state index >= 15 is 0 Å². The number of nitrogens with one attached hydrogen (secondary N) is 1. The Morgan fingerprint density at radius 2 is 2.26 bits per heavy atom. The van der Waals surface area contributed by atoms with Gasteiger partial charge in [-0.1, -0.05) is 0 Å². The number of hydrogen-bond acceptors (Lipinski definition) is 5. The molecule has 1 aromatic rings. The number of aliphatic hydroxyl groups excluding tert-OH is 1. The molecule has 2 aliphatic rings. The molecule has 1 fully saturated rings. The minimum Gasteiger partial charge on any atom is -0.482 e. The Hall–Kier alpha value is -2.28. The highest BCUT2D eigenvalue weighted by Gasteiger charge is 2.32. The van der Waals surface area contributed by atoms with Gasteiger partial charge in [0.15, 0.2) is 6.61 Å². The number of anilines is 2. The SMILES string of the molecule is O=C1COc2ccc(N3CC(CO)OC3=O)cc2N1. The van der Waals surface area contributed by atoms with Crippen LogP contribution in [0.1, 0.15) is 0 Å². The van der Waals surface area contributed by atoms with Gasteiger partial charge in [0.2, 0.25) is 0 Å². The van der Waals surface area contributed by atoms with E-state index in [1.54, 1.807) is 18.2 Å². The second-order valence-corrected chi connectivity index (χ2v) is 4.32. The quantitative estimate of drug-likeness (QED) is 0.804. The third-order valence-electron chi connectivity index (χ3n) is 2.99. The molecule has 0 saturated carbocycles. The van der Waals surface area contributed by atoms with Gasteiger partial charge in [-0.05, 0) is 18.2 Å². The van der Waals surface area contributed by atoms with Gasteiger partial charge in [0, 0.05) is 5.69 Å². The average molecular weight is 264 g/mol. The van der Waals surface area contributed by atoms with Crippen molar-refractivity contribution >= 4 is 23.4 Å². The summed E-state index contributed by atoms with van der Waals surface area (Å²) in [5, 5.41) is 11.7. The number of cyclic esters (lactones) is 1. The number of fused-ring (bicyclic) bond motifs is 1. The molecule has 0 bridgehead atoms. The molecule has 1 aromatic carbocycles. The van der Waals surface area contributed by atoms with Gasteiger partial charge < -0.3 is 19.9 Å². The van der Waals surface area contributed by atoms with Crippen molar-refractivity contribution in [2.24, 2.45) is 0 Å². The largest absolute Gasteiger partial charge is 0.482 e. The van der Waals surface area contributed by atoms with Crippen LogP contribution < -0.4 is 15.0 Å². The molecule has 100 valence electrons. The number of nitrogens with zero attached hydrogens (tertiary/aromatic N) is 1. The van der Waals surface area contributed by atoms with Crippen molar-refractivity contribution in [2.45, 2.75) is 6.10 Å². The fraction of sp³-hybridized carbons (Fsp3) is 0.333. The van der Waals surface area contributed by atoms with E-state index in [9.17, 15) is 9.59 Å². The van der Waals surface area contributed by atoms with Crippen LogP contribution in [0.15, 0.2) is 18.2 Å². The van der Waals surface area contributed by atoms with E-state index in [1.165, 1.54) is 4.90 Å². The van der Waals surface area contributed by atoms with Gasteiger partial charge in [-0.15, -0.1) is 0 Å². The summed E-state index contributed by atoms with van der Waals surface area (Å²) in [6, 6.07) is 5.04. The molecule has 0 aliphatic carbocycles. The molecule has 1 unspecified atom stereocenters. The van der Waals surface area contributed by atoms with Crippen molar-refractivity contribution in [3.63, 3.8) is 0 Å². The molecule has 7 nitrogen and oxygen atoms in total. The van der Waals surface area contributed by atoms with Crippen molar-refractivity contribution in [3.8, 4) is 5.75 Å². The van der Waals surface area contributed by atoms with Gasteiger partial charge in [-0.25, -0.2) is 4.79 Å². The van der Waals surface area contributed by atoms with Crippen molar-refractivity contribution < 1.29 is 24.2 Å². The summed E-state index contributed by atoms with van der Waals surface area (Å²) in [5.41, 5.74) is 1.11. The summed E-state index contributed by atoms with van der Waals surface area (Å²) in [6.45, 7) is 0.0562. The Kier molecular flexibility index (Phi) is 2.75. The number of amides is 2. The monoisotopic (exact) mass is 264 g/mol. The van der Waals surface area contributed by atoms with Crippen molar-refractivity contribution in [3.05, 3.63) is 18.2 Å². The smallest absolute Gasteiger partial charge is 0.414 e. The number of aliphatic hydroxyl groups is 1.